The summed E-state index contributed by atoms with van der Waals surface area (Å²) in [5, 5.41) is 0. The molecule has 0 radical (unpaired) electrons. The quantitative estimate of drug-likeness (QED) is 0.563. The second-order valence-corrected chi connectivity index (χ2v) is 6.53. The summed E-state index contributed by atoms with van der Waals surface area (Å²) in [5.74, 6) is -0.673. The summed E-state index contributed by atoms with van der Waals surface area (Å²) in [6, 6.07) is 0. The van der Waals surface area contributed by atoms with Gasteiger partial charge in [-0.2, -0.15) is 0 Å². The van der Waals surface area contributed by atoms with Gasteiger partial charge in [-0.25, -0.2) is 15.0 Å². The molecule has 10 nitrogen and oxygen atoms in total. The van der Waals surface area contributed by atoms with E-state index in [9.17, 15) is 9.59 Å². The summed E-state index contributed by atoms with van der Waals surface area (Å²) in [7, 11) is 0. The molecule has 4 atom stereocenters. The van der Waals surface area contributed by atoms with E-state index in [1.165, 1.54) is 26.5 Å². The highest BCUT2D eigenvalue weighted by atomic mass is 79.9. The molecule has 0 spiro atoms. The van der Waals surface area contributed by atoms with Crippen LogP contribution in [0.15, 0.2) is 12.7 Å². The maximum absolute atomic E-state index is 11.5. The molecule has 1 aliphatic rings. The van der Waals surface area contributed by atoms with E-state index < -0.39 is 35.2 Å². The third-order valence-electron chi connectivity index (χ3n) is 3.69. The average Bonchev–Trinajstić information content (AvgIpc) is 3.09. The van der Waals surface area contributed by atoms with Crippen LogP contribution in [-0.4, -0.2) is 55.1 Å². The predicted octanol–water partition coefficient (Wildman–Crippen LogP) is 0.564. The predicted molar refractivity (Wildman–Crippen MR) is 88.5 cm³/mol. The van der Waals surface area contributed by atoms with E-state index in [0.717, 1.165) is 0 Å². The SMILES string of the molecule is CC(=O)OC[C@H]1O[C@@H](n2cnc3ncnc(N)c32)[C@H](OC(C)=O)[C@H]1Br. The Labute approximate surface area is 150 Å². The number of imidazole rings is 1. The van der Waals surface area contributed by atoms with Gasteiger partial charge in [0.15, 0.2) is 23.8 Å². The molecule has 3 heterocycles. The number of fused-ring (bicyclic) bond motifs is 1. The van der Waals surface area contributed by atoms with Crippen LogP contribution in [0.1, 0.15) is 20.1 Å². The number of aromatic nitrogens is 4. The molecule has 2 aromatic heterocycles. The highest BCUT2D eigenvalue weighted by Crippen LogP contribution is 2.38. The van der Waals surface area contributed by atoms with Crippen LogP contribution in [0.3, 0.4) is 0 Å². The number of anilines is 1. The molecule has 2 aromatic rings. The van der Waals surface area contributed by atoms with Crippen LogP contribution in [0.2, 0.25) is 0 Å². The van der Waals surface area contributed by atoms with Gasteiger partial charge in [0.25, 0.3) is 0 Å². The minimum atomic E-state index is -0.730. The Kier molecular flexibility index (Phi) is 4.86. The number of esters is 2. The molecule has 11 heteroatoms. The van der Waals surface area contributed by atoms with Gasteiger partial charge in [-0.1, -0.05) is 15.9 Å². The summed E-state index contributed by atoms with van der Waals surface area (Å²) >= 11 is 3.47. The zero-order chi connectivity index (χ0) is 18.1. The molecule has 0 aromatic carbocycles. The molecule has 1 saturated heterocycles. The van der Waals surface area contributed by atoms with Crippen molar-refractivity contribution in [2.45, 2.75) is 37.1 Å². The van der Waals surface area contributed by atoms with E-state index in [-0.39, 0.29) is 12.4 Å². The molecule has 134 valence electrons. The van der Waals surface area contributed by atoms with Gasteiger partial charge in [-0.05, 0) is 0 Å². The van der Waals surface area contributed by atoms with Gasteiger partial charge in [-0.15, -0.1) is 0 Å². The van der Waals surface area contributed by atoms with Crippen molar-refractivity contribution < 1.29 is 23.8 Å². The first-order valence-electron chi connectivity index (χ1n) is 7.41. The minimum absolute atomic E-state index is 0.0120. The molecule has 3 rings (SSSR count). The Morgan fingerprint density at radius 1 is 1.32 bits per heavy atom. The number of alkyl halides is 1. The van der Waals surface area contributed by atoms with Crippen molar-refractivity contribution in [3.05, 3.63) is 12.7 Å². The summed E-state index contributed by atoms with van der Waals surface area (Å²) in [4.78, 5) is 34.4. The second kappa shape index (κ2) is 6.92. The average molecular weight is 414 g/mol. The van der Waals surface area contributed by atoms with E-state index in [0.29, 0.717) is 11.2 Å². The van der Waals surface area contributed by atoms with Gasteiger partial charge < -0.3 is 19.9 Å². The lowest BCUT2D eigenvalue weighted by atomic mass is 10.2. The van der Waals surface area contributed by atoms with Crippen LogP contribution in [0.25, 0.3) is 11.2 Å². The fourth-order valence-corrected chi connectivity index (χ4v) is 3.31. The van der Waals surface area contributed by atoms with Crippen molar-refractivity contribution in [3.63, 3.8) is 0 Å². The second-order valence-electron chi connectivity index (χ2n) is 5.47. The summed E-state index contributed by atoms with van der Waals surface area (Å²) in [5.41, 5.74) is 6.79. The van der Waals surface area contributed by atoms with Gasteiger partial charge in [-0.3, -0.25) is 14.2 Å². The molecule has 0 aliphatic carbocycles. The molecular formula is C14H16BrN5O5. The van der Waals surface area contributed by atoms with Crippen LogP contribution in [0, 0.1) is 0 Å². The van der Waals surface area contributed by atoms with Crippen LogP contribution >= 0.6 is 15.9 Å². The van der Waals surface area contributed by atoms with Crippen molar-refractivity contribution >= 4 is 44.9 Å². The smallest absolute Gasteiger partial charge is 0.303 e. The first-order chi connectivity index (χ1) is 11.9. The molecule has 0 bridgehead atoms. The van der Waals surface area contributed by atoms with Crippen LogP contribution in [0.5, 0.6) is 0 Å². The van der Waals surface area contributed by atoms with Crippen molar-refractivity contribution in [2.24, 2.45) is 0 Å². The number of ether oxygens (including phenoxy) is 3. The molecule has 1 aliphatic heterocycles. The molecule has 25 heavy (non-hydrogen) atoms. The normalized spacial score (nSPS) is 25.9. The standard InChI is InChI=1S/C14H16BrN5O5/c1-6(21)23-3-8-9(15)11(24-7(2)22)14(25-8)20-5-19-13-10(20)12(16)17-4-18-13/h4-5,8-9,11,14H,3H2,1-2H3,(H2,16,17,18)/t8-,9+,11-,14-/m1/s1. The summed E-state index contributed by atoms with van der Waals surface area (Å²) < 4.78 is 18.0. The van der Waals surface area contributed by atoms with E-state index in [1.807, 2.05) is 0 Å². The molecule has 1 fully saturated rings. The van der Waals surface area contributed by atoms with Gasteiger partial charge in [0.2, 0.25) is 0 Å². The molecule has 0 unspecified atom stereocenters. The number of nitrogen functional groups attached to an aromatic ring is 1. The number of hydrogen-bond acceptors (Lipinski definition) is 9. The Bertz CT molecular complexity index is 812. The van der Waals surface area contributed by atoms with E-state index in [2.05, 4.69) is 30.9 Å². The van der Waals surface area contributed by atoms with E-state index >= 15 is 0 Å². The van der Waals surface area contributed by atoms with Crippen molar-refractivity contribution in [1.29, 1.82) is 0 Å². The number of nitrogens with zero attached hydrogens (tertiary/aromatic N) is 4. The maximum Gasteiger partial charge on any atom is 0.303 e. The highest BCUT2D eigenvalue weighted by Gasteiger charge is 2.47. The highest BCUT2D eigenvalue weighted by molar-refractivity contribution is 9.09. The first-order valence-corrected chi connectivity index (χ1v) is 8.33. The van der Waals surface area contributed by atoms with Crippen molar-refractivity contribution in [1.82, 2.24) is 19.5 Å². The third kappa shape index (κ3) is 3.42. The molecular weight excluding hydrogens is 398 g/mol. The maximum atomic E-state index is 11.5. The van der Waals surface area contributed by atoms with Crippen molar-refractivity contribution in [2.75, 3.05) is 12.3 Å². The Hall–Kier alpha value is -2.27. The first kappa shape index (κ1) is 17.5. The third-order valence-corrected chi connectivity index (χ3v) is 4.80. The minimum Gasteiger partial charge on any atom is -0.463 e. The molecule has 0 amide bonds. The zero-order valence-electron chi connectivity index (χ0n) is 13.5. The Balaban J connectivity index is 1.96. The number of carbonyl (C=O) groups is 2. The summed E-state index contributed by atoms with van der Waals surface area (Å²) in [6.07, 6.45) is 0.860. The van der Waals surface area contributed by atoms with Gasteiger partial charge in [0.05, 0.1) is 4.83 Å². The number of carbonyl (C=O) groups excluding carboxylic acids is 2. The van der Waals surface area contributed by atoms with Crippen molar-refractivity contribution in [3.8, 4) is 0 Å². The van der Waals surface area contributed by atoms with Gasteiger partial charge >= 0.3 is 11.9 Å². The number of nitrogens with two attached hydrogens (primary N) is 1. The lowest BCUT2D eigenvalue weighted by molar-refractivity contribution is -0.152. The Morgan fingerprint density at radius 3 is 2.76 bits per heavy atom. The topological polar surface area (TPSA) is 131 Å². The van der Waals surface area contributed by atoms with E-state index in [1.54, 1.807) is 4.57 Å². The molecule has 0 saturated carbocycles. The zero-order valence-corrected chi connectivity index (χ0v) is 15.0. The van der Waals surface area contributed by atoms with Gasteiger partial charge in [0, 0.05) is 13.8 Å². The lowest BCUT2D eigenvalue weighted by Gasteiger charge is -2.21. The fraction of sp³-hybridized carbons (Fsp3) is 0.500. The summed E-state index contributed by atoms with van der Waals surface area (Å²) in [6.45, 7) is 2.62. The number of rotatable bonds is 4. The van der Waals surface area contributed by atoms with Crippen LogP contribution in [-0.2, 0) is 23.8 Å². The monoisotopic (exact) mass is 413 g/mol. The largest absolute Gasteiger partial charge is 0.463 e. The van der Waals surface area contributed by atoms with Crippen LogP contribution in [0.4, 0.5) is 5.82 Å². The van der Waals surface area contributed by atoms with Gasteiger partial charge in [0.1, 0.15) is 30.9 Å². The Morgan fingerprint density at radius 2 is 2.08 bits per heavy atom. The lowest BCUT2D eigenvalue weighted by Crippen LogP contribution is -2.33. The van der Waals surface area contributed by atoms with E-state index in [4.69, 9.17) is 19.9 Å². The fourth-order valence-electron chi connectivity index (χ4n) is 2.66. The van der Waals surface area contributed by atoms with Crippen LogP contribution < -0.4 is 5.73 Å². The molecule has 2 N–H and O–H groups in total. The number of hydrogen-bond donors (Lipinski definition) is 1. The number of halogens is 1.